The predicted octanol–water partition coefficient (Wildman–Crippen LogP) is -0.822. The quantitative estimate of drug-likeness (QED) is 0.385. The normalized spacial score (nSPS) is 34.5. The van der Waals surface area contributed by atoms with E-state index >= 15 is 0 Å². The molecule has 0 radical (unpaired) electrons. The average Bonchev–Trinajstić information content (AvgIpc) is 2.17. The van der Waals surface area contributed by atoms with Crippen LogP contribution >= 0.6 is 0 Å². The second-order valence-electron chi connectivity index (χ2n) is 2.48. The molecule has 62 valence electrons. The first kappa shape index (κ1) is 8.23. The van der Waals surface area contributed by atoms with E-state index in [2.05, 4.69) is 0 Å². The second kappa shape index (κ2) is 3.02. The van der Waals surface area contributed by atoms with Crippen LogP contribution in [-0.2, 0) is 9.53 Å². The number of esters is 1. The van der Waals surface area contributed by atoms with Gasteiger partial charge in [0, 0.05) is 0 Å². The van der Waals surface area contributed by atoms with Crippen molar-refractivity contribution < 1.29 is 14.6 Å². The van der Waals surface area contributed by atoms with Crippen molar-refractivity contribution in [2.75, 3.05) is 6.61 Å². The van der Waals surface area contributed by atoms with Crippen LogP contribution in [0.1, 0.15) is 6.92 Å². The minimum absolute atomic E-state index is 0.176. The maximum absolute atomic E-state index is 10.9. The van der Waals surface area contributed by atoms with Crippen LogP contribution < -0.4 is 5.73 Å². The highest BCUT2D eigenvalue weighted by Gasteiger charge is 2.33. The van der Waals surface area contributed by atoms with Crippen LogP contribution in [0.25, 0.3) is 0 Å². The van der Waals surface area contributed by atoms with Crippen molar-refractivity contribution in [3.05, 3.63) is 11.6 Å². The highest BCUT2D eigenvalue weighted by molar-refractivity contribution is 5.92. The van der Waals surface area contributed by atoms with E-state index in [1.165, 1.54) is 6.08 Å². The molecule has 1 aliphatic rings. The lowest BCUT2D eigenvalue weighted by Crippen LogP contribution is -2.29. The van der Waals surface area contributed by atoms with Crippen LogP contribution in [-0.4, -0.2) is 29.8 Å². The standard InChI is InChI=1S/C7H11NO3/c1-4-6(8)5(2-3-9)7(10)11-4/h2,4,6,9H,3,8H2,1H3/b5-2+/t4-,6-/m0/s1. The maximum atomic E-state index is 10.9. The Bertz CT molecular complexity index is 200. The van der Waals surface area contributed by atoms with Gasteiger partial charge in [0.2, 0.25) is 0 Å². The summed E-state index contributed by atoms with van der Waals surface area (Å²) in [6.45, 7) is 1.55. The van der Waals surface area contributed by atoms with Crippen molar-refractivity contribution in [2.45, 2.75) is 19.1 Å². The minimum atomic E-state index is -0.418. The molecule has 1 saturated heterocycles. The zero-order chi connectivity index (χ0) is 8.43. The molecule has 2 atom stereocenters. The summed E-state index contributed by atoms with van der Waals surface area (Å²) in [5.41, 5.74) is 5.95. The first-order valence-corrected chi connectivity index (χ1v) is 3.44. The monoisotopic (exact) mass is 157 g/mol. The number of aliphatic hydroxyl groups excluding tert-OH is 1. The second-order valence-corrected chi connectivity index (χ2v) is 2.48. The van der Waals surface area contributed by atoms with Crippen LogP contribution in [0.5, 0.6) is 0 Å². The molecule has 0 unspecified atom stereocenters. The first-order chi connectivity index (χ1) is 5.16. The van der Waals surface area contributed by atoms with Crippen LogP contribution in [0.4, 0.5) is 0 Å². The van der Waals surface area contributed by atoms with Gasteiger partial charge in [-0.1, -0.05) is 0 Å². The van der Waals surface area contributed by atoms with E-state index < -0.39 is 12.0 Å². The van der Waals surface area contributed by atoms with Gasteiger partial charge in [-0.25, -0.2) is 4.79 Å². The molecule has 1 aliphatic heterocycles. The van der Waals surface area contributed by atoms with Gasteiger partial charge in [0.05, 0.1) is 18.2 Å². The predicted molar refractivity (Wildman–Crippen MR) is 38.7 cm³/mol. The smallest absolute Gasteiger partial charge is 0.335 e. The molecule has 1 fully saturated rings. The summed E-state index contributed by atoms with van der Waals surface area (Å²) in [6.07, 6.45) is 1.11. The zero-order valence-electron chi connectivity index (χ0n) is 6.28. The fourth-order valence-electron chi connectivity index (χ4n) is 1.02. The largest absolute Gasteiger partial charge is 0.457 e. The number of hydrogen-bond acceptors (Lipinski definition) is 4. The molecule has 4 nitrogen and oxygen atoms in total. The molecule has 1 heterocycles. The van der Waals surface area contributed by atoms with Crippen molar-refractivity contribution in [3.63, 3.8) is 0 Å². The maximum Gasteiger partial charge on any atom is 0.335 e. The van der Waals surface area contributed by atoms with Gasteiger partial charge in [0.15, 0.2) is 0 Å². The molecule has 0 aromatic carbocycles. The third-order valence-electron chi connectivity index (χ3n) is 1.70. The number of cyclic esters (lactones) is 1. The Labute approximate surface area is 64.6 Å². The molecule has 11 heavy (non-hydrogen) atoms. The molecule has 1 rings (SSSR count). The Kier molecular flexibility index (Phi) is 2.26. The van der Waals surface area contributed by atoms with Crippen molar-refractivity contribution in [1.82, 2.24) is 0 Å². The van der Waals surface area contributed by atoms with Crippen molar-refractivity contribution in [2.24, 2.45) is 5.73 Å². The highest BCUT2D eigenvalue weighted by Crippen LogP contribution is 2.18. The first-order valence-electron chi connectivity index (χ1n) is 3.44. The molecule has 0 aromatic heterocycles. The van der Waals surface area contributed by atoms with Gasteiger partial charge in [-0.05, 0) is 13.0 Å². The summed E-state index contributed by atoms with van der Waals surface area (Å²) >= 11 is 0. The Morgan fingerprint density at radius 2 is 2.45 bits per heavy atom. The van der Waals surface area contributed by atoms with Gasteiger partial charge in [-0.15, -0.1) is 0 Å². The third kappa shape index (κ3) is 1.41. The van der Waals surface area contributed by atoms with Crippen molar-refractivity contribution in [1.29, 1.82) is 0 Å². The molecule has 4 heteroatoms. The van der Waals surface area contributed by atoms with Gasteiger partial charge >= 0.3 is 5.97 Å². The fraction of sp³-hybridized carbons (Fsp3) is 0.571. The lowest BCUT2D eigenvalue weighted by atomic mass is 10.1. The van der Waals surface area contributed by atoms with Crippen molar-refractivity contribution >= 4 is 5.97 Å². The van der Waals surface area contributed by atoms with E-state index in [0.29, 0.717) is 5.57 Å². The summed E-state index contributed by atoms with van der Waals surface area (Å²) in [4.78, 5) is 10.9. The van der Waals surface area contributed by atoms with Gasteiger partial charge < -0.3 is 15.6 Å². The lowest BCUT2D eigenvalue weighted by Gasteiger charge is -2.05. The van der Waals surface area contributed by atoms with Crippen LogP contribution in [0.15, 0.2) is 11.6 Å². The molecule has 0 saturated carbocycles. The van der Waals surface area contributed by atoms with Crippen LogP contribution in [0, 0.1) is 0 Å². The number of carbonyl (C=O) groups is 1. The molecular formula is C7H11NO3. The zero-order valence-corrected chi connectivity index (χ0v) is 6.28. The Morgan fingerprint density at radius 3 is 2.82 bits per heavy atom. The van der Waals surface area contributed by atoms with Gasteiger partial charge in [0.25, 0.3) is 0 Å². The topological polar surface area (TPSA) is 72.5 Å². The van der Waals surface area contributed by atoms with Crippen molar-refractivity contribution in [3.8, 4) is 0 Å². The van der Waals surface area contributed by atoms with E-state index in [0.717, 1.165) is 0 Å². The SMILES string of the molecule is C[C@@H]1OC(=O)/C(=C/CO)[C@H]1N. The molecule has 0 amide bonds. The fourth-order valence-corrected chi connectivity index (χ4v) is 1.02. The highest BCUT2D eigenvalue weighted by atomic mass is 16.6. The average molecular weight is 157 g/mol. The summed E-state index contributed by atoms with van der Waals surface area (Å²) in [7, 11) is 0. The van der Waals surface area contributed by atoms with Gasteiger partial charge in [-0.3, -0.25) is 0 Å². The third-order valence-corrected chi connectivity index (χ3v) is 1.70. The van der Waals surface area contributed by atoms with E-state index in [9.17, 15) is 4.79 Å². The summed E-state index contributed by atoms with van der Waals surface area (Å²) in [6, 6.07) is -0.394. The number of nitrogens with two attached hydrogens (primary N) is 1. The summed E-state index contributed by atoms with van der Waals surface area (Å²) in [5, 5.41) is 8.51. The van der Waals surface area contributed by atoms with Gasteiger partial charge in [-0.2, -0.15) is 0 Å². The summed E-state index contributed by atoms with van der Waals surface area (Å²) < 4.78 is 4.80. The Balaban J connectivity index is 2.80. The number of carbonyl (C=O) groups excluding carboxylic acids is 1. The van der Waals surface area contributed by atoms with Crippen LogP contribution in [0.2, 0.25) is 0 Å². The molecule has 0 aliphatic carbocycles. The number of hydrogen-bond donors (Lipinski definition) is 2. The number of rotatable bonds is 1. The van der Waals surface area contributed by atoms with E-state index in [1.807, 2.05) is 0 Å². The lowest BCUT2D eigenvalue weighted by molar-refractivity contribution is -0.138. The molecule has 0 aromatic rings. The summed E-state index contributed by atoms with van der Waals surface area (Å²) in [5.74, 6) is -0.418. The molecule has 3 N–H and O–H groups in total. The van der Waals surface area contributed by atoms with E-state index in [1.54, 1.807) is 6.92 Å². The van der Waals surface area contributed by atoms with E-state index in [-0.39, 0.29) is 12.7 Å². The molecular weight excluding hydrogens is 146 g/mol. The Hall–Kier alpha value is -0.870. The minimum Gasteiger partial charge on any atom is -0.457 e. The molecule has 0 bridgehead atoms. The number of aliphatic hydroxyl groups is 1. The Morgan fingerprint density at radius 1 is 1.82 bits per heavy atom. The molecule has 0 spiro atoms. The number of ether oxygens (including phenoxy) is 1. The van der Waals surface area contributed by atoms with Crippen LogP contribution in [0.3, 0.4) is 0 Å². The van der Waals surface area contributed by atoms with E-state index in [4.69, 9.17) is 15.6 Å². The van der Waals surface area contributed by atoms with Gasteiger partial charge in [0.1, 0.15) is 6.10 Å².